The molecule has 0 aromatic carbocycles. The number of ether oxygens (including phenoxy) is 2. The van der Waals surface area contributed by atoms with Gasteiger partial charge in [-0.05, 0) is 40.5 Å². The lowest BCUT2D eigenvalue weighted by Crippen LogP contribution is -2.57. The van der Waals surface area contributed by atoms with E-state index in [0.29, 0.717) is 31.2 Å². The molecule has 142 valence electrons. The molecule has 1 aromatic rings. The standard InChI is InChI=1S/C18H26N4O4/c1-5-25-15(23)12-8-19-16(20-9-12)21-10-13-6-7-14(11-21)22(13)17(24)26-18(2,3)4/h8-9,13-14H,5-7,10-11H2,1-4H3. The summed E-state index contributed by atoms with van der Waals surface area (Å²) >= 11 is 0. The molecule has 0 radical (unpaired) electrons. The first-order chi connectivity index (χ1) is 12.3. The van der Waals surface area contributed by atoms with Gasteiger partial charge in [0.1, 0.15) is 5.60 Å². The normalized spacial score (nSPS) is 22.3. The molecular formula is C18H26N4O4. The zero-order valence-corrected chi connectivity index (χ0v) is 15.8. The lowest BCUT2D eigenvalue weighted by Gasteiger charge is -2.41. The fourth-order valence-corrected chi connectivity index (χ4v) is 3.48. The molecule has 1 aromatic heterocycles. The van der Waals surface area contributed by atoms with E-state index >= 15 is 0 Å². The van der Waals surface area contributed by atoms with Crippen molar-refractivity contribution in [2.75, 3.05) is 24.6 Å². The third kappa shape index (κ3) is 3.89. The largest absolute Gasteiger partial charge is 0.462 e. The lowest BCUT2D eigenvalue weighted by atomic mass is 10.2. The molecule has 3 heterocycles. The van der Waals surface area contributed by atoms with Gasteiger partial charge in [0.15, 0.2) is 0 Å². The molecule has 2 atom stereocenters. The molecule has 2 aliphatic rings. The highest BCUT2D eigenvalue weighted by molar-refractivity contribution is 5.88. The first-order valence-corrected chi connectivity index (χ1v) is 9.04. The van der Waals surface area contributed by atoms with Crippen LogP contribution in [0.2, 0.25) is 0 Å². The number of hydrogen-bond acceptors (Lipinski definition) is 7. The number of carbonyl (C=O) groups excluding carboxylic acids is 2. The highest BCUT2D eigenvalue weighted by Crippen LogP contribution is 2.32. The Kier molecular flexibility index (Phi) is 5.02. The van der Waals surface area contributed by atoms with Crippen molar-refractivity contribution < 1.29 is 19.1 Å². The van der Waals surface area contributed by atoms with Gasteiger partial charge in [-0.3, -0.25) is 4.90 Å². The molecule has 2 unspecified atom stereocenters. The Hall–Kier alpha value is -2.38. The number of amides is 1. The molecule has 0 aliphatic carbocycles. The number of carbonyl (C=O) groups is 2. The minimum absolute atomic E-state index is 0.0944. The van der Waals surface area contributed by atoms with Crippen LogP contribution < -0.4 is 4.90 Å². The Morgan fingerprint density at radius 2 is 1.73 bits per heavy atom. The maximum Gasteiger partial charge on any atom is 0.410 e. The molecular weight excluding hydrogens is 336 g/mol. The van der Waals surface area contributed by atoms with Crippen LogP contribution in [0.4, 0.5) is 10.7 Å². The number of piperazine rings is 1. The molecule has 2 fully saturated rings. The maximum absolute atomic E-state index is 12.5. The molecule has 3 rings (SSSR count). The summed E-state index contributed by atoms with van der Waals surface area (Å²) in [5.74, 6) is 0.146. The molecule has 8 nitrogen and oxygen atoms in total. The van der Waals surface area contributed by atoms with E-state index in [1.165, 1.54) is 12.4 Å². The monoisotopic (exact) mass is 362 g/mol. The van der Waals surface area contributed by atoms with Crippen molar-refractivity contribution in [1.29, 1.82) is 0 Å². The summed E-state index contributed by atoms with van der Waals surface area (Å²) in [6, 6.07) is 0.189. The Labute approximate surface area is 153 Å². The summed E-state index contributed by atoms with van der Waals surface area (Å²) in [6.07, 6.45) is 4.62. The lowest BCUT2D eigenvalue weighted by molar-refractivity contribution is 0.0122. The van der Waals surface area contributed by atoms with Gasteiger partial charge >= 0.3 is 12.1 Å². The first kappa shape index (κ1) is 18.4. The van der Waals surface area contributed by atoms with Gasteiger partial charge in [0, 0.05) is 25.5 Å². The van der Waals surface area contributed by atoms with Crippen LogP contribution in [0.25, 0.3) is 0 Å². The zero-order valence-electron chi connectivity index (χ0n) is 15.8. The number of rotatable bonds is 3. The molecule has 26 heavy (non-hydrogen) atoms. The van der Waals surface area contributed by atoms with Crippen molar-refractivity contribution in [3.8, 4) is 0 Å². The molecule has 0 N–H and O–H groups in total. The van der Waals surface area contributed by atoms with Crippen LogP contribution in [0.15, 0.2) is 12.4 Å². The highest BCUT2D eigenvalue weighted by atomic mass is 16.6. The van der Waals surface area contributed by atoms with E-state index in [2.05, 4.69) is 14.9 Å². The Morgan fingerprint density at radius 1 is 1.15 bits per heavy atom. The number of aromatic nitrogens is 2. The van der Waals surface area contributed by atoms with Gasteiger partial charge in [-0.1, -0.05) is 0 Å². The summed E-state index contributed by atoms with van der Waals surface area (Å²) in [7, 11) is 0. The van der Waals surface area contributed by atoms with E-state index in [-0.39, 0.29) is 18.2 Å². The van der Waals surface area contributed by atoms with Gasteiger partial charge in [-0.15, -0.1) is 0 Å². The molecule has 0 saturated carbocycles. The summed E-state index contributed by atoms with van der Waals surface area (Å²) < 4.78 is 10.5. The number of fused-ring (bicyclic) bond motifs is 2. The zero-order chi connectivity index (χ0) is 18.9. The van der Waals surface area contributed by atoms with E-state index < -0.39 is 11.6 Å². The highest BCUT2D eigenvalue weighted by Gasteiger charge is 2.44. The molecule has 2 aliphatic heterocycles. The summed E-state index contributed by atoms with van der Waals surface area (Å²) in [4.78, 5) is 36.8. The van der Waals surface area contributed by atoms with Crippen molar-refractivity contribution >= 4 is 18.0 Å². The minimum Gasteiger partial charge on any atom is -0.462 e. The van der Waals surface area contributed by atoms with E-state index in [0.717, 1.165) is 12.8 Å². The van der Waals surface area contributed by atoms with E-state index in [1.54, 1.807) is 6.92 Å². The second-order valence-corrected chi connectivity index (χ2v) is 7.67. The van der Waals surface area contributed by atoms with Crippen molar-refractivity contribution in [2.45, 2.75) is 58.2 Å². The van der Waals surface area contributed by atoms with Crippen LogP contribution in [-0.2, 0) is 9.47 Å². The third-order valence-electron chi connectivity index (χ3n) is 4.52. The first-order valence-electron chi connectivity index (χ1n) is 9.04. The van der Waals surface area contributed by atoms with Crippen LogP contribution in [0.3, 0.4) is 0 Å². The van der Waals surface area contributed by atoms with Crippen LogP contribution >= 0.6 is 0 Å². The number of nitrogens with zero attached hydrogens (tertiary/aromatic N) is 4. The third-order valence-corrected chi connectivity index (χ3v) is 4.52. The van der Waals surface area contributed by atoms with Gasteiger partial charge in [-0.2, -0.15) is 0 Å². The van der Waals surface area contributed by atoms with E-state index in [9.17, 15) is 9.59 Å². The fraction of sp³-hybridized carbons (Fsp3) is 0.667. The maximum atomic E-state index is 12.5. The van der Waals surface area contributed by atoms with Crippen LogP contribution in [0.1, 0.15) is 50.9 Å². The second-order valence-electron chi connectivity index (χ2n) is 7.67. The van der Waals surface area contributed by atoms with E-state index in [1.807, 2.05) is 25.7 Å². The van der Waals surface area contributed by atoms with Crippen molar-refractivity contribution in [3.05, 3.63) is 18.0 Å². The van der Waals surface area contributed by atoms with Crippen LogP contribution in [0, 0.1) is 0 Å². The van der Waals surface area contributed by atoms with Crippen LogP contribution in [-0.4, -0.2) is 64.3 Å². The minimum atomic E-state index is -0.500. The van der Waals surface area contributed by atoms with Crippen molar-refractivity contribution in [2.24, 2.45) is 0 Å². The quantitative estimate of drug-likeness (QED) is 0.762. The molecule has 0 spiro atoms. The van der Waals surface area contributed by atoms with E-state index in [4.69, 9.17) is 9.47 Å². The van der Waals surface area contributed by atoms with Gasteiger partial charge in [0.05, 0.1) is 24.3 Å². The fourth-order valence-electron chi connectivity index (χ4n) is 3.48. The average Bonchev–Trinajstić information content (AvgIpc) is 2.84. The predicted molar refractivity (Wildman–Crippen MR) is 95.1 cm³/mol. The van der Waals surface area contributed by atoms with Gasteiger partial charge in [0.25, 0.3) is 0 Å². The number of anilines is 1. The molecule has 1 amide bonds. The smallest absolute Gasteiger partial charge is 0.410 e. The summed E-state index contributed by atoms with van der Waals surface area (Å²) in [5, 5.41) is 0. The average molecular weight is 362 g/mol. The number of esters is 1. The van der Waals surface area contributed by atoms with Gasteiger partial charge < -0.3 is 14.4 Å². The van der Waals surface area contributed by atoms with Crippen molar-refractivity contribution in [3.63, 3.8) is 0 Å². The Bertz CT molecular complexity index is 657. The topological polar surface area (TPSA) is 84.9 Å². The number of hydrogen-bond donors (Lipinski definition) is 0. The summed E-state index contributed by atoms with van der Waals surface area (Å²) in [5.41, 5.74) is -0.161. The van der Waals surface area contributed by atoms with Gasteiger partial charge in [0.2, 0.25) is 5.95 Å². The molecule has 8 heteroatoms. The predicted octanol–water partition coefficient (Wildman–Crippen LogP) is 2.24. The molecule has 2 saturated heterocycles. The Morgan fingerprint density at radius 3 is 2.23 bits per heavy atom. The Balaban J connectivity index is 1.67. The second kappa shape index (κ2) is 7.09. The van der Waals surface area contributed by atoms with Crippen LogP contribution in [0.5, 0.6) is 0 Å². The SMILES string of the molecule is CCOC(=O)c1cnc(N2CC3CCC(C2)N3C(=O)OC(C)(C)C)nc1. The summed E-state index contributed by atoms with van der Waals surface area (Å²) in [6.45, 7) is 9.03. The van der Waals surface area contributed by atoms with Gasteiger partial charge in [-0.25, -0.2) is 19.6 Å². The molecule has 2 bridgehead atoms. The van der Waals surface area contributed by atoms with Crippen molar-refractivity contribution in [1.82, 2.24) is 14.9 Å².